The van der Waals surface area contributed by atoms with E-state index in [0.717, 1.165) is 25.0 Å². The topological polar surface area (TPSA) is 55.9 Å². The molecule has 10 heteroatoms. The van der Waals surface area contributed by atoms with Crippen LogP contribution in [0.25, 0.3) is 0 Å². The van der Waals surface area contributed by atoms with Crippen LogP contribution in [0.15, 0.2) is 60.2 Å². The number of rotatable bonds is 7. The molecule has 2 aromatic carbocycles. The Labute approximate surface area is 244 Å². The first-order valence-electron chi connectivity index (χ1n) is 14.1. The second-order valence-corrected chi connectivity index (χ2v) is 12.3. The maximum Gasteiger partial charge on any atom is 0.416 e. The van der Waals surface area contributed by atoms with Crippen LogP contribution in [0.4, 0.5) is 23.7 Å². The van der Waals surface area contributed by atoms with E-state index in [1.54, 1.807) is 34.1 Å². The number of piperazine rings is 1. The summed E-state index contributed by atoms with van der Waals surface area (Å²) < 4.78 is 39.0. The van der Waals surface area contributed by atoms with Crippen LogP contribution in [-0.2, 0) is 6.18 Å². The highest BCUT2D eigenvalue weighted by Crippen LogP contribution is 2.59. The standard InChI is InChI=1S/C31H36ClF3N4O2/c1-30(2)23-8-7-21(26(30)19-23)20-39(29(41)36-24-11-9-22(10-12-24)31(33,34)35)18-15-37-13-16-38(17-14-37)28(40)25-5-3-4-6-27(25)32/h3-7,9-12,23,26H,8,13-20H2,1-2H3,(H,36,41). The molecular formula is C31H36ClF3N4O2. The van der Waals surface area contributed by atoms with E-state index < -0.39 is 11.7 Å². The molecule has 1 saturated heterocycles. The Morgan fingerprint density at radius 1 is 1.05 bits per heavy atom. The van der Waals surface area contributed by atoms with Gasteiger partial charge < -0.3 is 15.1 Å². The van der Waals surface area contributed by atoms with E-state index in [1.807, 2.05) is 0 Å². The minimum absolute atomic E-state index is 0.0848. The number of halogens is 4. The Morgan fingerprint density at radius 3 is 2.34 bits per heavy atom. The van der Waals surface area contributed by atoms with Gasteiger partial charge in [0.1, 0.15) is 0 Å². The molecule has 6 rings (SSSR count). The number of carbonyl (C=O) groups is 2. The van der Waals surface area contributed by atoms with Crippen LogP contribution in [0.1, 0.15) is 42.6 Å². The number of fused-ring (bicyclic) bond motifs is 1. The molecule has 3 amide bonds. The van der Waals surface area contributed by atoms with E-state index in [4.69, 9.17) is 11.6 Å². The summed E-state index contributed by atoms with van der Waals surface area (Å²) in [5, 5.41) is 3.24. The maximum atomic E-state index is 13.4. The van der Waals surface area contributed by atoms with Crippen molar-refractivity contribution >= 4 is 29.2 Å². The molecule has 2 atom stereocenters. The number of nitrogens with zero attached hydrogens (tertiary/aromatic N) is 3. The summed E-state index contributed by atoms with van der Waals surface area (Å²) in [6.07, 6.45) is -0.0255. The first kappa shape index (κ1) is 29.5. The number of alkyl halides is 3. The van der Waals surface area contributed by atoms with E-state index in [9.17, 15) is 22.8 Å². The molecule has 3 aliphatic carbocycles. The van der Waals surface area contributed by atoms with Gasteiger partial charge in [-0.1, -0.05) is 49.2 Å². The van der Waals surface area contributed by atoms with E-state index in [2.05, 4.69) is 30.1 Å². The van der Waals surface area contributed by atoms with Crippen LogP contribution >= 0.6 is 11.6 Å². The first-order chi connectivity index (χ1) is 19.4. The molecule has 1 saturated carbocycles. The largest absolute Gasteiger partial charge is 0.416 e. The minimum Gasteiger partial charge on any atom is -0.336 e. The van der Waals surface area contributed by atoms with Crippen LogP contribution in [0.3, 0.4) is 0 Å². The third kappa shape index (κ3) is 6.41. The summed E-state index contributed by atoms with van der Waals surface area (Å²) in [5.74, 6) is 1.02. The average Bonchev–Trinajstić information content (AvgIpc) is 2.95. The van der Waals surface area contributed by atoms with Gasteiger partial charge in [0, 0.05) is 51.5 Å². The van der Waals surface area contributed by atoms with Crippen LogP contribution in [0, 0.1) is 17.3 Å². The molecule has 6 nitrogen and oxygen atoms in total. The lowest BCUT2D eigenvalue weighted by atomic mass is 9.49. The Bertz CT molecular complexity index is 1300. The van der Waals surface area contributed by atoms with Gasteiger partial charge in [-0.15, -0.1) is 0 Å². The first-order valence-corrected chi connectivity index (χ1v) is 14.5. The van der Waals surface area contributed by atoms with Crippen molar-refractivity contribution in [2.24, 2.45) is 17.3 Å². The van der Waals surface area contributed by atoms with Gasteiger partial charge in [0.05, 0.1) is 16.1 Å². The summed E-state index contributed by atoms with van der Waals surface area (Å²) in [6, 6.07) is 11.2. The number of nitrogens with one attached hydrogen (secondary N) is 1. The molecule has 2 bridgehead atoms. The van der Waals surface area contributed by atoms with Crippen molar-refractivity contribution in [1.29, 1.82) is 0 Å². The van der Waals surface area contributed by atoms with Gasteiger partial charge in [0.15, 0.2) is 0 Å². The van der Waals surface area contributed by atoms with E-state index >= 15 is 0 Å². The quantitative estimate of drug-likeness (QED) is 0.369. The number of benzene rings is 2. The molecule has 1 aliphatic heterocycles. The zero-order chi connectivity index (χ0) is 29.4. The monoisotopic (exact) mass is 588 g/mol. The summed E-state index contributed by atoms with van der Waals surface area (Å²) in [7, 11) is 0. The number of urea groups is 1. The number of carbonyl (C=O) groups excluding carboxylic acids is 2. The van der Waals surface area contributed by atoms with Crippen LogP contribution in [-0.4, -0.2) is 72.5 Å². The predicted molar refractivity (Wildman–Crippen MR) is 154 cm³/mol. The van der Waals surface area contributed by atoms with E-state index in [0.29, 0.717) is 73.9 Å². The van der Waals surface area contributed by atoms with Crippen molar-refractivity contribution in [1.82, 2.24) is 14.7 Å². The number of allylic oxidation sites excluding steroid dienone is 1. The highest BCUT2D eigenvalue weighted by molar-refractivity contribution is 6.33. The predicted octanol–water partition coefficient (Wildman–Crippen LogP) is 6.64. The molecule has 0 aromatic heterocycles. The molecule has 0 radical (unpaired) electrons. The van der Waals surface area contributed by atoms with Crippen LogP contribution < -0.4 is 5.32 Å². The number of hydrogen-bond donors (Lipinski definition) is 1. The fraction of sp³-hybridized carbons (Fsp3) is 0.484. The van der Waals surface area contributed by atoms with Gasteiger partial charge in [-0.25, -0.2) is 4.79 Å². The Balaban J connectivity index is 1.22. The minimum atomic E-state index is -4.43. The summed E-state index contributed by atoms with van der Waals surface area (Å²) in [4.78, 5) is 32.2. The Kier molecular flexibility index (Phi) is 8.39. The molecule has 2 aromatic rings. The molecule has 41 heavy (non-hydrogen) atoms. The van der Waals surface area contributed by atoms with Crippen molar-refractivity contribution in [2.45, 2.75) is 32.9 Å². The number of anilines is 1. The van der Waals surface area contributed by atoms with Crippen molar-refractivity contribution < 1.29 is 22.8 Å². The number of hydrogen-bond acceptors (Lipinski definition) is 3. The molecule has 1 heterocycles. The lowest BCUT2D eigenvalue weighted by Crippen LogP contribution is -2.52. The zero-order valence-electron chi connectivity index (χ0n) is 23.4. The van der Waals surface area contributed by atoms with Crippen molar-refractivity contribution in [3.05, 3.63) is 76.3 Å². The van der Waals surface area contributed by atoms with Gasteiger partial charge in [0.25, 0.3) is 5.91 Å². The zero-order valence-corrected chi connectivity index (χ0v) is 24.1. The second-order valence-electron chi connectivity index (χ2n) is 11.9. The average molecular weight is 589 g/mol. The molecule has 4 aliphatic rings. The fourth-order valence-electron chi connectivity index (χ4n) is 6.32. The highest BCUT2D eigenvalue weighted by Gasteiger charge is 2.51. The molecule has 220 valence electrons. The molecular weight excluding hydrogens is 553 g/mol. The lowest BCUT2D eigenvalue weighted by molar-refractivity contribution is -0.137. The lowest BCUT2D eigenvalue weighted by Gasteiger charge is -2.57. The van der Waals surface area contributed by atoms with E-state index in [-0.39, 0.29) is 17.4 Å². The second kappa shape index (κ2) is 11.7. The van der Waals surface area contributed by atoms with Crippen LogP contribution in [0.5, 0.6) is 0 Å². The fourth-order valence-corrected chi connectivity index (χ4v) is 6.53. The van der Waals surface area contributed by atoms with Gasteiger partial charge in [-0.2, -0.15) is 13.2 Å². The summed E-state index contributed by atoms with van der Waals surface area (Å²) >= 11 is 6.22. The molecule has 2 unspecified atom stereocenters. The van der Waals surface area contributed by atoms with Gasteiger partial charge >= 0.3 is 12.2 Å². The Hall–Kier alpha value is -3.04. The van der Waals surface area contributed by atoms with Crippen molar-refractivity contribution in [2.75, 3.05) is 51.1 Å². The normalized spacial score (nSPS) is 22.0. The molecule has 1 N–H and O–H groups in total. The van der Waals surface area contributed by atoms with Crippen molar-refractivity contribution in [3.8, 4) is 0 Å². The Morgan fingerprint density at radius 2 is 1.73 bits per heavy atom. The van der Waals surface area contributed by atoms with Gasteiger partial charge in [-0.05, 0) is 66.5 Å². The maximum absolute atomic E-state index is 13.4. The van der Waals surface area contributed by atoms with Crippen LogP contribution in [0.2, 0.25) is 5.02 Å². The van der Waals surface area contributed by atoms with E-state index in [1.165, 1.54) is 17.7 Å². The smallest absolute Gasteiger partial charge is 0.336 e. The summed E-state index contributed by atoms with van der Waals surface area (Å²) in [6.45, 7) is 8.60. The third-order valence-corrected chi connectivity index (χ3v) is 9.49. The third-order valence-electron chi connectivity index (χ3n) is 9.16. The molecule has 2 fully saturated rings. The summed E-state index contributed by atoms with van der Waals surface area (Å²) in [5.41, 5.74) is 1.53. The SMILES string of the molecule is CC1(C)C2CC=C(CN(CCN3CCN(C(=O)c4ccccc4Cl)CC3)C(=O)Nc3ccc(C(F)(F)F)cc3)C1C2. The highest BCUT2D eigenvalue weighted by atomic mass is 35.5. The van der Waals surface area contributed by atoms with Gasteiger partial charge in [-0.3, -0.25) is 9.69 Å². The molecule has 0 spiro atoms. The van der Waals surface area contributed by atoms with Crippen molar-refractivity contribution in [3.63, 3.8) is 0 Å². The van der Waals surface area contributed by atoms with Gasteiger partial charge in [0.2, 0.25) is 0 Å². The number of amides is 3.